The number of ether oxygens (including phenoxy) is 1. The van der Waals surface area contributed by atoms with Crippen molar-refractivity contribution in [3.63, 3.8) is 0 Å². The molecule has 0 aromatic heterocycles. The van der Waals surface area contributed by atoms with Crippen LogP contribution in [0, 0.1) is 11.7 Å². The summed E-state index contributed by atoms with van der Waals surface area (Å²) >= 11 is 0. The SMILES string of the molecule is COc1cccc(-c2cccc(C[C@H]3CN(C(=O)Cc4ccc(F)cc4)CCNC3=O)c2)c1. The van der Waals surface area contributed by atoms with Gasteiger partial charge in [0.25, 0.3) is 0 Å². The summed E-state index contributed by atoms with van der Waals surface area (Å²) in [5.41, 5.74) is 3.87. The molecule has 1 aliphatic rings. The quantitative estimate of drug-likeness (QED) is 0.626. The first kappa shape index (κ1) is 22.5. The number of nitrogens with one attached hydrogen (secondary N) is 1. The van der Waals surface area contributed by atoms with Crippen LogP contribution in [0.15, 0.2) is 72.8 Å². The van der Waals surface area contributed by atoms with Crippen molar-refractivity contribution in [3.05, 3.63) is 89.7 Å². The Kier molecular flexibility index (Phi) is 7.03. The van der Waals surface area contributed by atoms with Crippen molar-refractivity contribution in [1.29, 1.82) is 0 Å². The number of carbonyl (C=O) groups is 2. The smallest absolute Gasteiger partial charge is 0.227 e. The first-order chi connectivity index (χ1) is 16.0. The lowest BCUT2D eigenvalue weighted by atomic mass is 9.95. The molecule has 6 heteroatoms. The van der Waals surface area contributed by atoms with Crippen molar-refractivity contribution >= 4 is 11.8 Å². The maximum Gasteiger partial charge on any atom is 0.227 e. The third kappa shape index (κ3) is 5.77. The summed E-state index contributed by atoms with van der Waals surface area (Å²) in [6.07, 6.45) is 0.719. The van der Waals surface area contributed by atoms with Crippen LogP contribution in [0.25, 0.3) is 11.1 Å². The lowest BCUT2D eigenvalue weighted by Gasteiger charge is -2.23. The van der Waals surface area contributed by atoms with Gasteiger partial charge in [0.2, 0.25) is 11.8 Å². The summed E-state index contributed by atoms with van der Waals surface area (Å²) in [7, 11) is 1.64. The molecule has 4 rings (SSSR count). The largest absolute Gasteiger partial charge is 0.497 e. The lowest BCUT2D eigenvalue weighted by Crippen LogP contribution is -2.38. The second kappa shape index (κ2) is 10.3. The van der Waals surface area contributed by atoms with Crippen LogP contribution in [0.1, 0.15) is 11.1 Å². The van der Waals surface area contributed by atoms with E-state index in [-0.39, 0.29) is 30.0 Å². The Bertz CT molecular complexity index is 1130. The van der Waals surface area contributed by atoms with Crippen LogP contribution in [0.3, 0.4) is 0 Å². The summed E-state index contributed by atoms with van der Waals surface area (Å²) in [5.74, 6) is 0.0145. The fourth-order valence-corrected chi connectivity index (χ4v) is 4.14. The summed E-state index contributed by atoms with van der Waals surface area (Å²) in [6.45, 7) is 1.25. The fraction of sp³-hybridized carbons (Fsp3) is 0.259. The van der Waals surface area contributed by atoms with Crippen LogP contribution in [-0.2, 0) is 22.4 Å². The molecular weight excluding hydrogens is 419 g/mol. The van der Waals surface area contributed by atoms with Crippen molar-refractivity contribution in [3.8, 4) is 16.9 Å². The van der Waals surface area contributed by atoms with Crippen molar-refractivity contribution in [2.24, 2.45) is 5.92 Å². The van der Waals surface area contributed by atoms with Crippen LogP contribution >= 0.6 is 0 Å². The van der Waals surface area contributed by atoms with Crippen LogP contribution in [-0.4, -0.2) is 43.5 Å². The zero-order valence-electron chi connectivity index (χ0n) is 18.6. The van der Waals surface area contributed by atoms with E-state index >= 15 is 0 Å². The fourth-order valence-electron chi connectivity index (χ4n) is 4.14. The molecule has 0 aliphatic carbocycles. The molecule has 0 radical (unpaired) electrons. The minimum absolute atomic E-state index is 0.0427. The first-order valence-electron chi connectivity index (χ1n) is 11.0. The van der Waals surface area contributed by atoms with Gasteiger partial charge in [0.05, 0.1) is 19.4 Å². The molecule has 1 aliphatic heterocycles. The zero-order valence-corrected chi connectivity index (χ0v) is 18.6. The van der Waals surface area contributed by atoms with E-state index in [2.05, 4.69) is 11.4 Å². The second-order valence-corrected chi connectivity index (χ2v) is 8.27. The molecule has 1 atom stereocenters. The summed E-state index contributed by atoms with van der Waals surface area (Å²) in [6, 6.07) is 21.9. The van der Waals surface area contributed by atoms with Gasteiger partial charge in [0.15, 0.2) is 0 Å². The summed E-state index contributed by atoms with van der Waals surface area (Å²) in [5, 5.41) is 2.93. The number of rotatable bonds is 6. The molecule has 0 saturated carbocycles. The Morgan fingerprint density at radius 2 is 1.76 bits per heavy atom. The highest BCUT2D eigenvalue weighted by Crippen LogP contribution is 2.25. The van der Waals surface area contributed by atoms with Gasteiger partial charge in [-0.05, 0) is 52.9 Å². The van der Waals surface area contributed by atoms with E-state index in [1.807, 2.05) is 42.5 Å². The van der Waals surface area contributed by atoms with Crippen LogP contribution < -0.4 is 10.1 Å². The molecule has 170 valence electrons. The molecule has 1 N–H and O–H groups in total. The van der Waals surface area contributed by atoms with Gasteiger partial charge in [-0.3, -0.25) is 9.59 Å². The average molecular weight is 447 g/mol. The highest BCUT2D eigenvalue weighted by Gasteiger charge is 2.27. The molecule has 1 heterocycles. The molecule has 1 fully saturated rings. The van der Waals surface area contributed by atoms with E-state index in [1.54, 1.807) is 24.1 Å². The number of benzene rings is 3. The van der Waals surface area contributed by atoms with Gasteiger partial charge in [-0.15, -0.1) is 0 Å². The van der Waals surface area contributed by atoms with E-state index in [9.17, 15) is 14.0 Å². The molecule has 3 aromatic rings. The monoisotopic (exact) mass is 446 g/mol. The molecule has 0 bridgehead atoms. The second-order valence-electron chi connectivity index (χ2n) is 8.27. The topological polar surface area (TPSA) is 58.6 Å². The first-order valence-corrected chi connectivity index (χ1v) is 11.0. The van der Waals surface area contributed by atoms with E-state index < -0.39 is 0 Å². The van der Waals surface area contributed by atoms with E-state index in [0.29, 0.717) is 26.1 Å². The molecule has 33 heavy (non-hydrogen) atoms. The van der Waals surface area contributed by atoms with Crippen molar-refractivity contribution in [2.45, 2.75) is 12.8 Å². The Hall–Kier alpha value is -3.67. The average Bonchev–Trinajstić information content (AvgIpc) is 3.02. The van der Waals surface area contributed by atoms with Crippen molar-refractivity contribution in [1.82, 2.24) is 10.2 Å². The predicted octanol–water partition coefficient (Wildman–Crippen LogP) is 3.86. The Morgan fingerprint density at radius 3 is 2.52 bits per heavy atom. The van der Waals surface area contributed by atoms with Gasteiger partial charge >= 0.3 is 0 Å². The number of carbonyl (C=O) groups excluding carboxylic acids is 2. The van der Waals surface area contributed by atoms with E-state index in [1.165, 1.54) is 12.1 Å². The van der Waals surface area contributed by atoms with Crippen LogP contribution in [0.2, 0.25) is 0 Å². The number of nitrogens with zero attached hydrogens (tertiary/aromatic N) is 1. The lowest BCUT2D eigenvalue weighted by molar-refractivity contribution is -0.131. The van der Waals surface area contributed by atoms with Gasteiger partial charge in [0.1, 0.15) is 11.6 Å². The molecule has 3 aromatic carbocycles. The van der Waals surface area contributed by atoms with Crippen molar-refractivity contribution in [2.75, 3.05) is 26.7 Å². The van der Waals surface area contributed by atoms with Gasteiger partial charge in [-0.2, -0.15) is 0 Å². The third-order valence-corrected chi connectivity index (χ3v) is 5.93. The molecule has 0 unspecified atom stereocenters. The normalized spacial score (nSPS) is 16.1. The molecule has 1 saturated heterocycles. The van der Waals surface area contributed by atoms with Gasteiger partial charge in [-0.1, -0.05) is 48.5 Å². The number of methoxy groups -OCH3 is 1. The van der Waals surface area contributed by atoms with Gasteiger partial charge in [-0.25, -0.2) is 4.39 Å². The minimum Gasteiger partial charge on any atom is -0.497 e. The maximum atomic E-state index is 13.2. The molecule has 2 amide bonds. The minimum atomic E-state index is -0.342. The van der Waals surface area contributed by atoms with E-state index in [4.69, 9.17) is 4.74 Å². The summed E-state index contributed by atoms with van der Waals surface area (Å²) in [4.78, 5) is 27.3. The van der Waals surface area contributed by atoms with Crippen LogP contribution in [0.5, 0.6) is 5.75 Å². The standard InChI is InChI=1S/C27H27FN2O3/c1-33-25-7-3-6-22(17-25)21-5-2-4-20(14-21)15-23-18-30(13-12-29-27(23)32)26(31)16-19-8-10-24(28)11-9-19/h2-11,14,17,23H,12-13,15-16,18H2,1H3,(H,29,32)/t23-/m0/s1. The number of hydrogen-bond acceptors (Lipinski definition) is 3. The molecule has 5 nitrogen and oxygen atoms in total. The van der Waals surface area contributed by atoms with E-state index in [0.717, 1.165) is 28.0 Å². The maximum absolute atomic E-state index is 13.2. The highest BCUT2D eigenvalue weighted by molar-refractivity contribution is 5.83. The van der Waals surface area contributed by atoms with Crippen LogP contribution in [0.4, 0.5) is 4.39 Å². The predicted molar refractivity (Wildman–Crippen MR) is 125 cm³/mol. The number of hydrogen-bond donors (Lipinski definition) is 1. The van der Waals surface area contributed by atoms with Gasteiger partial charge in [0, 0.05) is 19.6 Å². The Morgan fingerprint density at radius 1 is 1.03 bits per heavy atom. The van der Waals surface area contributed by atoms with Crippen molar-refractivity contribution < 1.29 is 18.7 Å². The zero-order chi connectivity index (χ0) is 23.2. The third-order valence-electron chi connectivity index (χ3n) is 5.93. The van der Waals surface area contributed by atoms with Gasteiger partial charge < -0.3 is 15.0 Å². The highest BCUT2D eigenvalue weighted by atomic mass is 19.1. The number of halogens is 1. The summed E-state index contributed by atoms with van der Waals surface area (Å²) < 4.78 is 18.5. The molecule has 0 spiro atoms. The molecular formula is C27H27FN2O3. The Labute approximate surface area is 193 Å². The Balaban J connectivity index is 1.47. The number of amides is 2.